The topological polar surface area (TPSA) is 125 Å². The quantitative estimate of drug-likeness (QED) is 0.427. The summed E-state index contributed by atoms with van der Waals surface area (Å²) < 4.78 is 5.14. The van der Waals surface area contributed by atoms with Crippen molar-refractivity contribution in [3.8, 4) is 0 Å². The monoisotopic (exact) mass is 466 g/mol. The molecule has 0 radical (unpaired) electrons. The molecule has 1 aliphatic rings. The predicted molar refractivity (Wildman–Crippen MR) is 123 cm³/mol. The number of hydrogen-bond acceptors (Lipinski definition) is 6. The van der Waals surface area contributed by atoms with Crippen LogP contribution in [0.2, 0.25) is 0 Å². The number of nitrogens with zero attached hydrogens (tertiary/aromatic N) is 2. The van der Waals surface area contributed by atoms with Crippen LogP contribution in [0.4, 0.5) is 10.5 Å². The summed E-state index contributed by atoms with van der Waals surface area (Å²) in [5.74, 6) is -2.10. The number of imide groups is 1. The number of carbonyl (C=O) groups excluding carboxylic acids is 5. The molecular formula is C24H26N4O6. The van der Waals surface area contributed by atoms with E-state index in [0.717, 1.165) is 21.8 Å². The van der Waals surface area contributed by atoms with E-state index in [1.54, 1.807) is 24.3 Å². The number of amides is 5. The van der Waals surface area contributed by atoms with Gasteiger partial charge in [-0.1, -0.05) is 43.3 Å². The number of nitrogens with one attached hydrogen (secondary N) is 2. The molecule has 34 heavy (non-hydrogen) atoms. The summed E-state index contributed by atoms with van der Waals surface area (Å²) in [4.78, 5) is 63.1. The van der Waals surface area contributed by atoms with E-state index in [0.29, 0.717) is 11.3 Å². The standard InChI is InChI=1S/C24H26N4O6/c1-3-16-8-5-7-11-19(16)26-20(29)14-27(2)22(31)15-34-23(32)18-10-6-4-9-17(18)13-28-21(30)12-25-24(28)33/h4-11H,3,12-15H2,1-2H3,(H,25,33)(H,26,29). The SMILES string of the molecule is CCc1ccccc1NC(=O)CN(C)C(=O)COC(=O)c1ccccc1CN1C(=O)CNC1=O. The lowest BCUT2D eigenvalue weighted by molar-refractivity contribution is -0.136. The van der Waals surface area contributed by atoms with Gasteiger partial charge in [0, 0.05) is 12.7 Å². The molecule has 0 spiro atoms. The van der Waals surface area contributed by atoms with Gasteiger partial charge in [-0.3, -0.25) is 19.3 Å². The Bertz CT molecular complexity index is 1100. The van der Waals surface area contributed by atoms with Crippen molar-refractivity contribution >= 4 is 35.4 Å². The van der Waals surface area contributed by atoms with Gasteiger partial charge in [0.25, 0.3) is 5.91 Å². The van der Waals surface area contributed by atoms with E-state index in [-0.39, 0.29) is 31.1 Å². The van der Waals surface area contributed by atoms with Gasteiger partial charge in [-0.2, -0.15) is 0 Å². The summed E-state index contributed by atoms with van der Waals surface area (Å²) in [7, 11) is 1.44. The maximum absolute atomic E-state index is 12.6. The summed E-state index contributed by atoms with van der Waals surface area (Å²) in [5.41, 5.74) is 2.21. The Morgan fingerprint density at radius 3 is 2.41 bits per heavy atom. The van der Waals surface area contributed by atoms with Crippen molar-refractivity contribution in [1.29, 1.82) is 0 Å². The molecule has 0 saturated carbocycles. The van der Waals surface area contributed by atoms with Gasteiger partial charge in [0.2, 0.25) is 11.8 Å². The number of aryl methyl sites for hydroxylation is 1. The highest BCUT2D eigenvalue weighted by Crippen LogP contribution is 2.16. The lowest BCUT2D eigenvalue weighted by atomic mass is 10.1. The van der Waals surface area contributed by atoms with Crippen molar-refractivity contribution in [2.75, 3.05) is 32.1 Å². The van der Waals surface area contributed by atoms with Gasteiger partial charge in [0.1, 0.15) is 0 Å². The Morgan fingerprint density at radius 1 is 1.06 bits per heavy atom. The summed E-state index contributed by atoms with van der Waals surface area (Å²) in [6.07, 6.45) is 0.749. The summed E-state index contributed by atoms with van der Waals surface area (Å²) >= 11 is 0. The number of carbonyl (C=O) groups is 5. The number of hydrogen-bond donors (Lipinski definition) is 2. The molecule has 5 amide bonds. The van der Waals surface area contributed by atoms with E-state index >= 15 is 0 Å². The van der Waals surface area contributed by atoms with Gasteiger partial charge in [-0.15, -0.1) is 0 Å². The fourth-order valence-electron chi connectivity index (χ4n) is 3.40. The Labute approximate surface area is 196 Å². The highest BCUT2D eigenvalue weighted by atomic mass is 16.5. The zero-order chi connectivity index (χ0) is 24.7. The van der Waals surface area contributed by atoms with Gasteiger partial charge in [-0.25, -0.2) is 9.59 Å². The van der Waals surface area contributed by atoms with Crippen LogP contribution in [-0.4, -0.2) is 66.3 Å². The molecule has 2 aromatic rings. The van der Waals surface area contributed by atoms with E-state index in [1.807, 2.05) is 25.1 Å². The first-order valence-electron chi connectivity index (χ1n) is 10.7. The Morgan fingerprint density at radius 2 is 1.74 bits per heavy atom. The molecule has 0 unspecified atom stereocenters. The molecule has 1 fully saturated rings. The van der Waals surface area contributed by atoms with Crippen LogP contribution in [-0.2, 0) is 32.1 Å². The number of esters is 1. The Kier molecular flexibility index (Phi) is 7.96. The number of urea groups is 1. The normalized spacial score (nSPS) is 12.8. The second kappa shape index (κ2) is 11.1. The van der Waals surface area contributed by atoms with Crippen molar-refractivity contribution in [3.05, 3.63) is 65.2 Å². The minimum atomic E-state index is -0.772. The molecule has 0 aromatic heterocycles. The van der Waals surface area contributed by atoms with Crippen LogP contribution in [0.1, 0.15) is 28.4 Å². The summed E-state index contributed by atoms with van der Waals surface area (Å²) in [6.45, 7) is 1.01. The zero-order valence-electron chi connectivity index (χ0n) is 19.0. The van der Waals surface area contributed by atoms with E-state index in [4.69, 9.17) is 4.74 Å². The third-order valence-electron chi connectivity index (χ3n) is 5.31. The van der Waals surface area contributed by atoms with Crippen molar-refractivity contribution in [2.45, 2.75) is 19.9 Å². The van der Waals surface area contributed by atoms with Crippen molar-refractivity contribution < 1.29 is 28.7 Å². The Hall–Kier alpha value is -4.21. The van der Waals surface area contributed by atoms with Crippen LogP contribution >= 0.6 is 0 Å². The molecule has 1 saturated heterocycles. The molecule has 1 aliphatic heterocycles. The van der Waals surface area contributed by atoms with Gasteiger partial charge < -0.3 is 20.3 Å². The smallest absolute Gasteiger partial charge is 0.338 e. The highest BCUT2D eigenvalue weighted by molar-refractivity contribution is 6.02. The molecule has 10 nitrogen and oxygen atoms in total. The van der Waals surface area contributed by atoms with E-state index in [1.165, 1.54) is 13.1 Å². The van der Waals surface area contributed by atoms with Gasteiger partial charge >= 0.3 is 12.0 Å². The lowest BCUT2D eigenvalue weighted by Crippen LogP contribution is -2.37. The molecule has 3 rings (SSSR count). The number of rotatable bonds is 9. The molecule has 0 atom stereocenters. The fourth-order valence-corrected chi connectivity index (χ4v) is 3.40. The largest absolute Gasteiger partial charge is 0.452 e. The van der Waals surface area contributed by atoms with Gasteiger partial charge in [-0.05, 0) is 29.7 Å². The van der Waals surface area contributed by atoms with Crippen LogP contribution in [0.15, 0.2) is 48.5 Å². The van der Waals surface area contributed by atoms with E-state index in [2.05, 4.69) is 10.6 Å². The first-order valence-corrected chi connectivity index (χ1v) is 10.7. The number of ether oxygens (including phenoxy) is 1. The summed E-state index contributed by atoms with van der Waals surface area (Å²) in [5, 5.41) is 5.20. The van der Waals surface area contributed by atoms with Gasteiger partial charge in [0.05, 0.1) is 25.2 Å². The highest BCUT2D eigenvalue weighted by Gasteiger charge is 2.29. The third-order valence-corrected chi connectivity index (χ3v) is 5.31. The van der Waals surface area contributed by atoms with Crippen molar-refractivity contribution in [2.24, 2.45) is 0 Å². The van der Waals surface area contributed by atoms with Crippen LogP contribution in [0, 0.1) is 0 Å². The zero-order valence-corrected chi connectivity index (χ0v) is 19.0. The second-order valence-corrected chi connectivity index (χ2v) is 7.68. The number of anilines is 1. The first kappa shape index (κ1) is 24.4. The average Bonchev–Trinajstić information content (AvgIpc) is 3.15. The molecule has 0 aliphatic carbocycles. The maximum Gasteiger partial charge on any atom is 0.338 e. The molecule has 10 heteroatoms. The molecular weight excluding hydrogens is 440 g/mol. The third kappa shape index (κ3) is 5.97. The number of benzene rings is 2. The van der Waals surface area contributed by atoms with E-state index in [9.17, 15) is 24.0 Å². The van der Waals surface area contributed by atoms with Crippen LogP contribution < -0.4 is 10.6 Å². The second-order valence-electron chi connectivity index (χ2n) is 7.68. The van der Waals surface area contributed by atoms with Gasteiger partial charge in [0.15, 0.2) is 6.61 Å². The molecule has 1 heterocycles. The summed E-state index contributed by atoms with van der Waals surface area (Å²) in [6, 6.07) is 13.2. The van der Waals surface area contributed by atoms with Crippen LogP contribution in [0.25, 0.3) is 0 Å². The van der Waals surface area contributed by atoms with Crippen molar-refractivity contribution in [1.82, 2.24) is 15.1 Å². The van der Waals surface area contributed by atoms with E-state index < -0.39 is 30.4 Å². The maximum atomic E-state index is 12.6. The fraction of sp³-hybridized carbons (Fsp3) is 0.292. The minimum absolute atomic E-state index is 0.0934. The lowest BCUT2D eigenvalue weighted by Gasteiger charge is -2.18. The molecule has 0 bridgehead atoms. The molecule has 2 aromatic carbocycles. The average molecular weight is 466 g/mol. The van der Waals surface area contributed by atoms with Crippen LogP contribution in [0.3, 0.4) is 0 Å². The van der Waals surface area contributed by atoms with Crippen molar-refractivity contribution in [3.63, 3.8) is 0 Å². The predicted octanol–water partition coefficient (Wildman–Crippen LogP) is 1.55. The number of likely N-dealkylation sites (N-methyl/N-ethyl adjacent to an activating group) is 1. The number of para-hydroxylation sites is 1. The van der Waals surface area contributed by atoms with Crippen LogP contribution in [0.5, 0.6) is 0 Å². The minimum Gasteiger partial charge on any atom is -0.452 e. The first-order chi connectivity index (χ1) is 16.3. The molecule has 2 N–H and O–H groups in total. The molecule has 178 valence electrons. The Balaban J connectivity index is 1.54.